The maximum atomic E-state index is 14.7. The molecule has 2 aliphatic heterocycles. The zero-order valence-corrected chi connectivity index (χ0v) is 28.6. The van der Waals surface area contributed by atoms with E-state index in [1.165, 1.54) is 16.7 Å². The number of pyridine rings is 2. The second-order valence-electron chi connectivity index (χ2n) is 12.4. The van der Waals surface area contributed by atoms with Crippen molar-refractivity contribution in [3.63, 3.8) is 0 Å². The largest absolute Gasteiger partial charge is 0.504 e. The molecule has 1 N–H and O–H groups in total. The first-order valence-electron chi connectivity index (χ1n) is 15.1. The van der Waals surface area contributed by atoms with E-state index >= 15 is 0 Å². The minimum atomic E-state index is -1.98. The number of halogens is 5. The number of allylic oxidation sites excluding steroid dienone is 2. The van der Waals surface area contributed by atoms with Crippen LogP contribution in [0.4, 0.5) is 18.9 Å². The van der Waals surface area contributed by atoms with Gasteiger partial charge in [0.25, 0.3) is 5.56 Å². The highest BCUT2D eigenvalue weighted by Crippen LogP contribution is 2.45. The molecule has 4 heterocycles. The summed E-state index contributed by atoms with van der Waals surface area (Å²) in [5.41, 5.74) is -0.747. The van der Waals surface area contributed by atoms with Crippen molar-refractivity contribution >= 4 is 51.5 Å². The summed E-state index contributed by atoms with van der Waals surface area (Å²) in [7, 11) is 1.84. The molecule has 9 nitrogen and oxygen atoms in total. The van der Waals surface area contributed by atoms with E-state index in [4.69, 9.17) is 23.2 Å². The second-order valence-corrected chi connectivity index (χ2v) is 13.2. The zero-order chi connectivity index (χ0) is 35.5. The molecule has 0 radical (unpaired) electrons. The van der Waals surface area contributed by atoms with E-state index in [1.54, 1.807) is 17.9 Å². The lowest BCUT2D eigenvalue weighted by molar-refractivity contribution is -0.130. The van der Waals surface area contributed by atoms with Gasteiger partial charge in [0.15, 0.2) is 17.4 Å². The van der Waals surface area contributed by atoms with Gasteiger partial charge in [-0.05, 0) is 56.7 Å². The number of fused-ring (bicyclic) bond motifs is 1. The average molecular weight is 702 g/mol. The maximum Gasteiger partial charge on any atom is 0.276 e. The fourth-order valence-corrected chi connectivity index (χ4v) is 7.41. The van der Waals surface area contributed by atoms with Crippen LogP contribution >= 0.6 is 23.2 Å². The first kappa shape index (κ1) is 34.9. The van der Waals surface area contributed by atoms with Crippen molar-refractivity contribution in [3.05, 3.63) is 80.0 Å². The molecule has 1 aromatic carbocycles. The number of aromatic hydroxyl groups is 1. The van der Waals surface area contributed by atoms with Gasteiger partial charge >= 0.3 is 0 Å². The molecule has 1 amide bonds. The number of hydrogen-bond donors (Lipinski definition) is 1. The predicted octanol–water partition coefficient (Wildman–Crippen LogP) is 6.69. The highest BCUT2D eigenvalue weighted by molar-refractivity contribution is 6.37. The fourth-order valence-electron chi connectivity index (χ4n) is 6.91. The molecule has 2 aliphatic rings. The number of likely N-dealkylation sites (N-methyl/N-ethyl adjacent to an activating group) is 1. The first-order valence-corrected chi connectivity index (χ1v) is 15.9. The molecule has 1 unspecified atom stereocenters. The Labute approximate surface area is 285 Å². The van der Waals surface area contributed by atoms with Crippen molar-refractivity contribution in [3.8, 4) is 23.1 Å². The summed E-state index contributed by atoms with van der Waals surface area (Å²) in [4.78, 5) is 37.3. The smallest absolute Gasteiger partial charge is 0.276 e. The van der Waals surface area contributed by atoms with Crippen LogP contribution in [0.3, 0.4) is 0 Å². The Hall–Kier alpha value is -4.47. The van der Waals surface area contributed by atoms with E-state index in [0.29, 0.717) is 11.3 Å². The standard InChI is InChI=1S/C34H33Cl2F3N6O3/c1-8-22(46)44-17(5)13-43(14-18(44)6)31-19-11-21(35)28(23-24(36)25(37)26(38)27(39)32(23)47)41-33(19)45(34(48)20(31)12-40)30-16(4)9-10-42(7)29(30)15(2)3/h8-11,15,17-18,29,47H,1,13-14H2,2-7H3/t17-,18+,29?. The van der Waals surface area contributed by atoms with Gasteiger partial charge in [-0.25, -0.2) is 13.8 Å². The topological polar surface area (TPSA) is 106 Å². The Kier molecular flexibility index (Phi) is 9.34. The number of piperazine rings is 1. The molecule has 3 atom stereocenters. The minimum absolute atomic E-state index is 0.0531. The molecule has 1 fully saturated rings. The third-order valence-corrected chi connectivity index (χ3v) is 9.53. The Morgan fingerprint density at radius 1 is 1.17 bits per heavy atom. The van der Waals surface area contributed by atoms with Gasteiger partial charge < -0.3 is 19.8 Å². The van der Waals surface area contributed by atoms with Crippen LogP contribution in [0.1, 0.15) is 40.2 Å². The lowest BCUT2D eigenvalue weighted by atomic mass is 9.93. The van der Waals surface area contributed by atoms with Gasteiger partial charge in [0.1, 0.15) is 17.3 Å². The molecule has 48 heavy (non-hydrogen) atoms. The number of rotatable bonds is 5. The number of carbonyl (C=O) groups excluding carboxylic acids is 1. The summed E-state index contributed by atoms with van der Waals surface area (Å²) in [6.45, 7) is 13.4. The van der Waals surface area contributed by atoms with Crippen LogP contribution in [0.2, 0.25) is 10.0 Å². The normalized spacial score (nSPS) is 19.8. The van der Waals surface area contributed by atoms with Crippen molar-refractivity contribution < 1.29 is 23.1 Å². The molecule has 252 valence electrons. The molecular formula is C34H33Cl2F3N6O3. The molecule has 0 aliphatic carbocycles. The summed E-state index contributed by atoms with van der Waals surface area (Å²) in [6.07, 6.45) is 4.89. The minimum Gasteiger partial charge on any atom is -0.504 e. The predicted molar refractivity (Wildman–Crippen MR) is 180 cm³/mol. The Bertz CT molecular complexity index is 2010. The molecule has 3 aromatic rings. The van der Waals surface area contributed by atoms with Gasteiger partial charge in [0, 0.05) is 37.6 Å². The average Bonchev–Trinajstić information content (AvgIpc) is 3.03. The van der Waals surface area contributed by atoms with Crippen LogP contribution < -0.4 is 10.5 Å². The first-order chi connectivity index (χ1) is 22.6. The highest BCUT2D eigenvalue weighted by Gasteiger charge is 2.37. The van der Waals surface area contributed by atoms with Crippen LogP contribution in [0.5, 0.6) is 5.75 Å². The van der Waals surface area contributed by atoms with Crippen molar-refractivity contribution in [1.29, 1.82) is 5.26 Å². The molecule has 0 saturated carbocycles. The number of phenols is 1. The van der Waals surface area contributed by atoms with E-state index in [-0.39, 0.29) is 70.3 Å². The number of aromatic nitrogens is 2. The number of carbonyl (C=O) groups is 1. The summed E-state index contributed by atoms with van der Waals surface area (Å²) in [5, 5.41) is 20.2. The van der Waals surface area contributed by atoms with Gasteiger partial charge in [-0.1, -0.05) is 43.6 Å². The quantitative estimate of drug-likeness (QED) is 0.180. The molecule has 2 aromatic heterocycles. The number of nitrogens with zero attached hydrogens (tertiary/aromatic N) is 6. The Morgan fingerprint density at radius 3 is 2.35 bits per heavy atom. The maximum absolute atomic E-state index is 14.7. The number of amides is 1. The van der Waals surface area contributed by atoms with Crippen molar-refractivity contribution in [1.82, 2.24) is 19.4 Å². The lowest BCUT2D eigenvalue weighted by Gasteiger charge is -2.45. The van der Waals surface area contributed by atoms with E-state index in [2.05, 4.69) is 17.6 Å². The van der Waals surface area contributed by atoms with E-state index in [1.807, 2.05) is 50.7 Å². The summed E-state index contributed by atoms with van der Waals surface area (Å²) in [5.74, 6) is -7.28. The number of nitriles is 1. The van der Waals surface area contributed by atoms with Gasteiger partial charge in [-0.15, -0.1) is 0 Å². The molecular weight excluding hydrogens is 668 g/mol. The molecule has 0 spiro atoms. The monoisotopic (exact) mass is 700 g/mol. The van der Waals surface area contributed by atoms with Gasteiger partial charge in [-0.3, -0.25) is 14.2 Å². The van der Waals surface area contributed by atoms with Crippen molar-refractivity contribution in [2.45, 2.75) is 52.7 Å². The molecule has 14 heteroatoms. The number of phenolic OH excluding ortho intramolecular Hbond substituents is 1. The van der Waals surface area contributed by atoms with E-state index in [0.717, 1.165) is 0 Å². The van der Waals surface area contributed by atoms with Gasteiger partial charge in [0.2, 0.25) is 11.7 Å². The fraction of sp³-hybridized carbons (Fsp3) is 0.353. The number of anilines is 1. The SMILES string of the molecule is C=CC(=O)N1[C@H](C)CN(c2c(C#N)c(=O)n(C3=C(C)C=CN(C)C3C(C)C)c3nc(-c4c(O)c(F)c(F)c(F)c4Cl)c(Cl)cc23)C[C@@H]1C. The summed E-state index contributed by atoms with van der Waals surface area (Å²) in [6, 6.07) is 2.35. The zero-order valence-electron chi connectivity index (χ0n) is 27.1. The Balaban J connectivity index is 1.94. The second kappa shape index (κ2) is 12.9. The van der Waals surface area contributed by atoms with Crippen molar-refractivity contribution in [2.75, 3.05) is 25.0 Å². The summed E-state index contributed by atoms with van der Waals surface area (Å²) < 4.78 is 44.9. The molecule has 0 bridgehead atoms. The van der Waals surface area contributed by atoms with Crippen molar-refractivity contribution in [2.24, 2.45) is 5.92 Å². The van der Waals surface area contributed by atoms with E-state index < -0.39 is 45.0 Å². The van der Waals surface area contributed by atoms with Gasteiger partial charge in [-0.2, -0.15) is 9.65 Å². The highest BCUT2D eigenvalue weighted by atomic mass is 35.5. The third-order valence-electron chi connectivity index (χ3n) is 8.89. The van der Waals surface area contributed by atoms with Crippen LogP contribution in [0.15, 0.2) is 41.4 Å². The van der Waals surface area contributed by atoms with Gasteiger partial charge in [0.05, 0.1) is 38.7 Å². The van der Waals surface area contributed by atoms with Crippen LogP contribution in [-0.4, -0.2) is 68.6 Å². The van der Waals surface area contributed by atoms with Crippen LogP contribution in [-0.2, 0) is 4.79 Å². The third kappa shape index (κ3) is 5.39. The number of hydrogen-bond acceptors (Lipinski definition) is 7. The van der Waals surface area contributed by atoms with E-state index in [9.17, 15) is 33.1 Å². The Morgan fingerprint density at radius 2 is 1.79 bits per heavy atom. The molecule has 5 rings (SSSR count). The number of benzene rings is 1. The lowest BCUT2D eigenvalue weighted by Crippen LogP contribution is -2.58. The van der Waals surface area contributed by atoms with Crippen LogP contribution in [0, 0.1) is 34.7 Å². The van der Waals surface area contributed by atoms with Crippen LogP contribution in [0.25, 0.3) is 28.0 Å². The summed E-state index contributed by atoms with van der Waals surface area (Å²) >= 11 is 12.8. The molecule has 1 saturated heterocycles.